The van der Waals surface area contributed by atoms with E-state index in [4.69, 9.17) is 0 Å². The zero-order valence-corrected chi connectivity index (χ0v) is 16.1. The normalized spacial score (nSPS) is 24.1. The van der Waals surface area contributed by atoms with Gasteiger partial charge in [-0.2, -0.15) is 0 Å². The lowest BCUT2D eigenvalue weighted by atomic mass is 9.64. The van der Waals surface area contributed by atoms with Gasteiger partial charge in [0.2, 0.25) is 0 Å². The van der Waals surface area contributed by atoms with Gasteiger partial charge in [-0.15, -0.1) is 11.3 Å². The van der Waals surface area contributed by atoms with Gasteiger partial charge < -0.3 is 5.11 Å². The van der Waals surface area contributed by atoms with Crippen LogP contribution in [0.1, 0.15) is 29.8 Å². The Morgan fingerprint density at radius 3 is 2.42 bits per heavy atom. The van der Waals surface area contributed by atoms with E-state index in [9.17, 15) is 5.11 Å². The van der Waals surface area contributed by atoms with Gasteiger partial charge in [-0.05, 0) is 62.0 Å². The average molecular weight is 373 g/mol. The summed E-state index contributed by atoms with van der Waals surface area (Å²) >= 11 is 1.73. The predicted octanol–water partition coefficient (Wildman–Crippen LogP) is 2.63. The molecule has 0 aromatic carbocycles. The number of aliphatic hydroxyl groups is 1. The summed E-state index contributed by atoms with van der Waals surface area (Å²) in [5.74, 6) is 0.388. The van der Waals surface area contributed by atoms with Crippen LogP contribution in [0.2, 0.25) is 0 Å². The highest BCUT2D eigenvalue weighted by atomic mass is 32.1. The highest BCUT2D eigenvalue weighted by Crippen LogP contribution is 2.45. The third-order valence-electron chi connectivity index (χ3n) is 6.34. The number of aromatic nitrogens is 2. The third-order valence-corrected chi connectivity index (χ3v) is 7.11. The summed E-state index contributed by atoms with van der Waals surface area (Å²) in [5, 5.41) is 13.3. The van der Waals surface area contributed by atoms with E-state index in [0.717, 1.165) is 39.3 Å². The van der Waals surface area contributed by atoms with Crippen LogP contribution in [0.3, 0.4) is 0 Å². The van der Waals surface area contributed by atoms with Crippen molar-refractivity contribution in [3.8, 4) is 0 Å². The van der Waals surface area contributed by atoms with Crippen molar-refractivity contribution >= 4 is 11.3 Å². The summed E-state index contributed by atoms with van der Waals surface area (Å²) < 4.78 is 0. The van der Waals surface area contributed by atoms with E-state index in [-0.39, 0.29) is 0 Å². The zero-order chi connectivity index (χ0) is 17.8. The maximum atomic E-state index is 10.1. The van der Waals surface area contributed by atoms with Gasteiger partial charge in [-0.1, -0.05) is 0 Å². The lowest BCUT2D eigenvalue weighted by molar-refractivity contribution is -0.0450. The van der Waals surface area contributed by atoms with Crippen LogP contribution in [0.5, 0.6) is 0 Å². The van der Waals surface area contributed by atoms with Crippen LogP contribution in [0, 0.1) is 11.3 Å². The topological polar surface area (TPSA) is 52.5 Å². The molecule has 1 atom stereocenters. The van der Waals surface area contributed by atoms with Crippen molar-refractivity contribution in [2.24, 2.45) is 11.3 Å². The van der Waals surface area contributed by atoms with E-state index in [2.05, 4.69) is 31.9 Å². The quantitative estimate of drug-likeness (QED) is 0.874. The SMILES string of the molecule is OC[C@@H]1CN(Cc2nccs2)CCC12CCN(Cc1ccncc1)CC2. The van der Waals surface area contributed by atoms with E-state index in [1.807, 2.05) is 24.0 Å². The Hall–Kier alpha value is -1.34. The summed E-state index contributed by atoms with van der Waals surface area (Å²) in [6.45, 7) is 6.63. The van der Waals surface area contributed by atoms with Crippen LogP contribution in [0.25, 0.3) is 0 Å². The van der Waals surface area contributed by atoms with Crippen molar-refractivity contribution in [2.75, 3.05) is 32.8 Å². The second kappa shape index (κ2) is 8.13. The number of hydrogen-bond donors (Lipinski definition) is 1. The van der Waals surface area contributed by atoms with E-state index < -0.39 is 0 Å². The Kier molecular flexibility index (Phi) is 5.64. The lowest BCUT2D eigenvalue weighted by Crippen LogP contribution is -2.53. The van der Waals surface area contributed by atoms with Crippen molar-refractivity contribution in [3.05, 3.63) is 46.7 Å². The van der Waals surface area contributed by atoms with E-state index in [0.29, 0.717) is 17.9 Å². The Morgan fingerprint density at radius 1 is 1.04 bits per heavy atom. The predicted molar refractivity (Wildman–Crippen MR) is 104 cm³/mol. The van der Waals surface area contributed by atoms with Crippen LogP contribution in [0.15, 0.2) is 36.1 Å². The fraction of sp³-hybridized carbons (Fsp3) is 0.600. The molecule has 6 heteroatoms. The maximum absolute atomic E-state index is 10.1. The van der Waals surface area contributed by atoms with Crippen molar-refractivity contribution in [2.45, 2.75) is 32.4 Å². The largest absolute Gasteiger partial charge is 0.396 e. The molecule has 4 rings (SSSR count). The van der Waals surface area contributed by atoms with Crippen LogP contribution < -0.4 is 0 Å². The molecule has 1 spiro atoms. The number of likely N-dealkylation sites (tertiary alicyclic amines) is 2. The second-order valence-corrected chi connectivity index (χ2v) is 8.76. The first-order valence-corrected chi connectivity index (χ1v) is 10.5. The van der Waals surface area contributed by atoms with Gasteiger partial charge >= 0.3 is 0 Å². The molecule has 2 aromatic heterocycles. The molecule has 5 nitrogen and oxygen atoms in total. The van der Waals surface area contributed by atoms with Gasteiger partial charge in [0.15, 0.2) is 0 Å². The molecule has 2 aliphatic rings. The number of aliphatic hydroxyl groups excluding tert-OH is 1. The maximum Gasteiger partial charge on any atom is 0.107 e. The molecule has 4 heterocycles. The van der Waals surface area contributed by atoms with Gasteiger partial charge in [0.1, 0.15) is 5.01 Å². The number of piperidine rings is 2. The molecule has 140 valence electrons. The summed E-state index contributed by atoms with van der Waals surface area (Å²) in [7, 11) is 0. The highest BCUT2D eigenvalue weighted by molar-refractivity contribution is 7.09. The fourth-order valence-corrected chi connectivity index (χ4v) is 5.32. The van der Waals surface area contributed by atoms with Gasteiger partial charge in [-0.3, -0.25) is 14.8 Å². The molecule has 0 radical (unpaired) electrons. The van der Waals surface area contributed by atoms with E-state index in [1.165, 1.54) is 29.8 Å². The molecular weight excluding hydrogens is 344 g/mol. The summed E-state index contributed by atoms with van der Waals surface area (Å²) in [4.78, 5) is 13.6. The molecule has 0 amide bonds. The van der Waals surface area contributed by atoms with E-state index in [1.54, 1.807) is 11.3 Å². The number of pyridine rings is 1. The molecule has 0 saturated carbocycles. The molecule has 26 heavy (non-hydrogen) atoms. The molecule has 0 unspecified atom stereocenters. The lowest BCUT2D eigenvalue weighted by Gasteiger charge is -2.51. The van der Waals surface area contributed by atoms with Crippen LogP contribution >= 0.6 is 11.3 Å². The first-order chi connectivity index (χ1) is 12.8. The molecule has 2 aliphatic heterocycles. The van der Waals surface area contributed by atoms with Crippen LogP contribution in [-0.2, 0) is 13.1 Å². The average Bonchev–Trinajstić information content (AvgIpc) is 3.19. The standard InChI is InChI=1S/C20H28N4OS/c25-16-18-14-24(15-19-22-8-12-26-19)11-5-20(18)3-9-23(10-4-20)13-17-1-6-21-7-2-17/h1-2,6-8,12,18,25H,3-5,9-11,13-16H2/t18-/m0/s1. The van der Waals surface area contributed by atoms with Crippen molar-refractivity contribution < 1.29 is 5.11 Å². The minimum absolute atomic E-state index is 0.304. The summed E-state index contributed by atoms with van der Waals surface area (Å²) in [6.07, 6.45) is 9.24. The number of thiazole rings is 1. The molecule has 2 saturated heterocycles. The number of nitrogens with zero attached hydrogens (tertiary/aromatic N) is 4. The number of hydrogen-bond acceptors (Lipinski definition) is 6. The fourth-order valence-electron chi connectivity index (χ4n) is 4.66. The number of rotatable bonds is 5. The monoisotopic (exact) mass is 372 g/mol. The smallest absolute Gasteiger partial charge is 0.107 e. The Bertz CT molecular complexity index is 670. The highest BCUT2D eigenvalue weighted by Gasteiger charge is 2.44. The zero-order valence-electron chi connectivity index (χ0n) is 15.3. The molecule has 0 aliphatic carbocycles. The molecule has 2 aromatic rings. The van der Waals surface area contributed by atoms with Crippen molar-refractivity contribution in [3.63, 3.8) is 0 Å². The first-order valence-electron chi connectivity index (χ1n) is 9.60. The summed E-state index contributed by atoms with van der Waals surface area (Å²) in [6, 6.07) is 4.22. The molecule has 2 fully saturated rings. The first kappa shape index (κ1) is 18.0. The Balaban J connectivity index is 1.34. The Morgan fingerprint density at radius 2 is 1.77 bits per heavy atom. The van der Waals surface area contributed by atoms with Crippen molar-refractivity contribution in [1.82, 2.24) is 19.8 Å². The van der Waals surface area contributed by atoms with Crippen LogP contribution in [-0.4, -0.2) is 57.7 Å². The minimum atomic E-state index is 0.304. The van der Waals surface area contributed by atoms with Gasteiger partial charge in [0.25, 0.3) is 0 Å². The second-order valence-electron chi connectivity index (χ2n) is 7.78. The molecular formula is C20H28N4OS. The molecule has 0 bridgehead atoms. The van der Waals surface area contributed by atoms with E-state index >= 15 is 0 Å². The molecule has 1 N–H and O–H groups in total. The summed E-state index contributed by atoms with van der Waals surface area (Å²) in [5.41, 5.74) is 1.66. The van der Waals surface area contributed by atoms with Crippen molar-refractivity contribution in [1.29, 1.82) is 0 Å². The van der Waals surface area contributed by atoms with Crippen LogP contribution in [0.4, 0.5) is 0 Å². The Labute approximate surface area is 159 Å². The minimum Gasteiger partial charge on any atom is -0.396 e. The van der Waals surface area contributed by atoms with Gasteiger partial charge in [0, 0.05) is 49.6 Å². The van der Waals surface area contributed by atoms with Gasteiger partial charge in [0.05, 0.1) is 6.54 Å². The third kappa shape index (κ3) is 3.98. The van der Waals surface area contributed by atoms with Gasteiger partial charge in [-0.25, -0.2) is 4.98 Å².